The molecule has 27 heavy (non-hydrogen) atoms. The van der Waals surface area contributed by atoms with Crippen molar-refractivity contribution in [2.75, 3.05) is 6.54 Å². The average molecular weight is 374 g/mol. The van der Waals surface area contributed by atoms with Gasteiger partial charge in [0.2, 0.25) is 0 Å². The number of nitrogens with zero attached hydrogens (tertiary/aromatic N) is 3. The number of carboxylic acid groups (broad SMARTS) is 1. The Balaban J connectivity index is 2.02. The minimum absolute atomic E-state index is 0.165. The Hall–Kier alpha value is -2.64. The fourth-order valence-electron chi connectivity index (χ4n) is 3.78. The van der Waals surface area contributed by atoms with E-state index in [0.717, 1.165) is 25.7 Å². The quantitative estimate of drug-likeness (QED) is 0.851. The molecular formula is C19H26N4O4. The number of ether oxygens (including phenoxy) is 1. The molecule has 0 unspecified atom stereocenters. The molecule has 2 aromatic heterocycles. The first-order valence-corrected chi connectivity index (χ1v) is 9.17. The van der Waals surface area contributed by atoms with Gasteiger partial charge >= 0.3 is 12.1 Å². The monoisotopic (exact) mass is 374 g/mol. The molecule has 0 aromatic carbocycles. The zero-order chi connectivity index (χ0) is 19.8. The second-order valence-corrected chi connectivity index (χ2v) is 8.15. The summed E-state index contributed by atoms with van der Waals surface area (Å²) in [6.07, 6.45) is 4.57. The van der Waals surface area contributed by atoms with E-state index in [-0.39, 0.29) is 12.2 Å². The lowest BCUT2D eigenvalue weighted by Gasteiger charge is -2.33. The van der Waals surface area contributed by atoms with Gasteiger partial charge in [-0.05, 0) is 46.6 Å². The van der Waals surface area contributed by atoms with Gasteiger partial charge in [0, 0.05) is 18.1 Å². The predicted molar refractivity (Wildman–Crippen MR) is 99.9 cm³/mol. The minimum atomic E-state index is -1.02. The normalized spacial score (nSPS) is 16.4. The number of rotatable bonds is 4. The Morgan fingerprint density at radius 1 is 1.33 bits per heavy atom. The average Bonchev–Trinajstić information content (AvgIpc) is 3.16. The molecule has 8 nitrogen and oxygen atoms in total. The van der Waals surface area contributed by atoms with Gasteiger partial charge < -0.3 is 19.7 Å². The number of fused-ring (bicyclic) bond motifs is 1. The Kier molecular flexibility index (Phi) is 4.84. The highest BCUT2D eigenvalue weighted by Crippen LogP contribution is 2.40. The molecule has 1 aliphatic carbocycles. The van der Waals surface area contributed by atoms with Gasteiger partial charge in [-0.3, -0.25) is 0 Å². The van der Waals surface area contributed by atoms with Crippen molar-refractivity contribution in [3.63, 3.8) is 0 Å². The maximum Gasteiger partial charge on any atom is 0.407 e. The van der Waals surface area contributed by atoms with Gasteiger partial charge in [0.05, 0.1) is 5.54 Å². The highest BCUT2D eigenvalue weighted by atomic mass is 16.6. The molecule has 1 saturated carbocycles. The summed E-state index contributed by atoms with van der Waals surface area (Å²) in [4.78, 5) is 32.8. The van der Waals surface area contributed by atoms with E-state index in [1.54, 1.807) is 44.5 Å². The van der Waals surface area contributed by atoms with Crippen molar-refractivity contribution in [3.05, 3.63) is 23.8 Å². The summed E-state index contributed by atoms with van der Waals surface area (Å²) in [5.41, 5.74) is -0.387. The van der Waals surface area contributed by atoms with Crippen LogP contribution in [0.3, 0.4) is 0 Å². The van der Waals surface area contributed by atoms with Gasteiger partial charge in [0.25, 0.3) is 0 Å². The highest BCUT2D eigenvalue weighted by molar-refractivity contribution is 5.93. The largest absolute Gasteiger partial charge is 0.477 e. The number of hydrogen-bond acceptors (Lipinski definition) is 5. The molecule has 1 aliphatic rings. The summed E-state index contributed by atoms with van der Waals surface area (Å²) in [7, 11) is 0. The molecule has 1 amide bonds. The molecule has 8 heteroatoms. The number of hydrogen-bond donors (Lipinski definition) is 2. The van der Waals surface area contributed by atoms with Crippen LogP contribution in [-0.4, -0.2) is 43.8 Å². The van der Waals surface area contributed by atoms with E-state index >= 15 is 0 Å². The molecule has 146 valence electrons. The number of carboxylic acids is 1. The van der Waals surface area contributed by atoms with Crippen molar-refractivity contribution in [1.29, 1.82) is 0 Å². The van der Waals surface area contributed by atoms with Crippen molar-refractivity contribution in [1.82, 2.24) is 19.9 Å². The van der Waals surface area contributed by atoms with E-state index in [0.29, 0.717) is 16.9 Å². The van der Waals surface area contributed by atoms with Gasteiger partial charge in [0.1, 0.15) is 22.8 Å². The Labute approximate surface area is 157 Å². The third-order valence-corrected chi connectivity index (χ3v) is 4.85. The van der Waals surface area contributed by atoms with Crippen LogP contribution in [0.25, 0.3) is 11.0 Å². The van der Waals surface area contributed by atoms with Gasteiger partial charge in [-0.25, -0.2) is 19.6 Å². The summed E-state index contributed by atoms with van der Waals surface area (Å²) >= 11 is 0. The standard InChI is InChI=1S/C19H26N4O4/c1-12-20-10-13-9-14(16(24)25)23(15(13)22-12)19(7-5-6-8-19)11-21-17(26)27-18(2,3)4/h9-10H,5-8,11H2,1-4H3,(H,21,26)(H,24,25). The smallest absolute Gasteiger partial charge is 0.407 e. The molecule has 0 saturated heterocycles. The third-order valence-electron chi connectivity index (χ3n) is 4.85. The minimum Gasteiger partial charge on any atom is -0.477 e. The first-order chi connectivity index (χ1) is 12.6. The van der Waals surface area contributed by atoms with Gasteiger partial charge in [-0.1, -0.05) is 12.8 Å². The lowest BCUT2D eigenvalue weighted by Crippen LogP contribution is -2.45. The lowest BCUT2D eigenvalue weighted by molar-refractivity contribution is 0.0502. The van der Waals surface area contributed by atoms with E-state index in [4.69, 9.17) is 4.74 Å². The molecule has 0 spiro atoms. The zero-order valence-corrected chi connectivity index (χ0v) is 16.2. The topological polar surface area (TPSA) is 106 Å². The molecule has 0 bridgehead atoms. The SMILES string of the molecule is Cc1ncc2cc(C(=O)O)n(C3(CNC(=O)OC(C)(C)C)CCCC3)c2n1. The summed E-state index contributed by atoms with van der Waals surface area (Å²) in [5, 5.41) is 13.3. The number of carbonyl (C=O) groups excluding carboxylic acids is 1. The van der Waals surface area contributed by atoms with Crippen molar-refractivity contribution in [3.8, 4) is 0 Å². The van der Waals surface area contributed by atoms with E-state index < -0.39 is 23.2 Å². The van der Waals surface area contributed by atoms with E-state index in [2.05, 4.69) is 15.3 Å². The summed E-state index contributed by atoms with van der Waals surface area (Å²) in [6.45, 7) is 7.48. The van der Waals surface area contributed by atoms with Crippen LogP contribution < -0.4 is 5.32 Å². The van der Waals surface area contributed by atoms with Crippen LogP contribution in [0.1, 0.15) is 62.8 Å². The summed E-state index contributed by atoms with van der Waals surface area (Å²) < 4.78 is 7.12. The molecule has 2 heterocycles. The molecule has 1 fully saturated rings. The number of nitrogens with one attached hydrogen (secondary N) is 1. The zero-order valence-electron chi connectivity index (χ0n) is 16.2. The molecule has 0 aliphatic heterocycles. The number of aromatic nitrogens is 3. The van der Waals surface area contributed by atoms with Gasteiger partial charge in [-0.15, -0.1) is 0 Å². The highest BCUT2D eigenvalue weighted by Gasteiger charge is 2.40. The lowest BCUT2D eigenvalue weighted by atomic mass is 9.96. The van der Waals surface area contributed by atoms with Crippen LogP contribution in [0, 0.1) is 6.92 Å². The van der Waals surface area contributed by atoms with Crippen LogP contribution in [-0.2, 0) is 10.3 Å². The third kappa shape index (κ3) is 3.89. The molecule has 0 atom stereocenters. The Morgan fingerprint density at radius 3 is 2.59 bits per heavy atom. The first-order valence-electron chi connectivity index (χ1n) is 9.17. The van der Waals surface area contributed by atoms with Crippen molar-refractivity contribution < 1.29 is 19.4 Å². The summed E-state index contributed by atoms with van der Waals surface area (Å²) in [6, 6.07) is 1.60. The van der Waals surface area contributed by atoms with Crippen LogP contribution in [0.2, 0.25) is 0 Å². The van der Waals surface area contributed by atoms with E-state index in [1.165, 1.54) is 0 Å². The Bertz CT molecular complexity index is 876. The molecule has 2 aromatic rings. The van der Waals surface area contributed by atoms with Gasteiger partial charge in [0.15, 0.2) is 0 Å². The Morgan fingerprint density at radius 2 is 2.00 bits per heavy atom. The predicted octanol–water partition coefficient (Wildman–Crippen LogP) is 3.23. The molecule has 2 N–H and O–H groups in total. The van der Waals surface area contributed by atoms with Crippen molar-refractivity contribution in [2.45, 2.75) is 64.5 Å². The molecule has 3 rings (SSSR count). The van der Waals surface area contributed by atoms with Gasteiger partial charge in [-0.2, -0.15) is 0 Å². The summed E-state index contributed by atoms with van der Waals surface area (Å²) in [5.74, 6) is -0.443. The second kappa shape index (κ2) is 6.83. The fourth-order valence-corrected chi connectivity index (χ4v) is 3.78. The van der Waals surface area contributed by atoms with E-state index in [1.807, 2.05) is 0 Å². The number of aryl methyl sites for hydroxylation is 1. The number of alkyl carbamates (subject to hydrolysis) is 1. The first kappa shape index (κ1) is 19.1. The van der Waals surface area contributed by atoms with Crippen LogP contribution >= 0.6 is 0 Å². The maximum absolute atomic E-state index is 12.2. The van der Waals surface area contributed by atoms with Crippen molar-refractivity contribution in [2.24, 2.45) is 0 Å². The fraction of sp³-hybridized carbons (Fsp3) is 0.579. The van der Waals surface area contributed by atoms with Crippen LogP contribution in [0.15, 0.2) is 12.3 Å². The molecule has 0 radical (unpaired) electrons. The van der Waals surface area contributed by atoms with Crippen molar-refractivity contribution >= 4 is 23.1 Å². The molecular weight excluding hydrogens is 348 g/mol. The van der Waals surface area contributed by atoms with Crippen LogP contribution in [0.4, 0.5) is 4.79 Å². The maximum atomic E-state index is 12.2. The van der Waals surface area contributed by atoms with Crippen LogP contribution in [0.5, 0.6) is 0 Å². The number of carbonyl (C=O) groups is 2. The number of amides is 1. The number of aromatic carboxylic acids is 1. The van der Waals surface area contributed by atoms with E-state index in [9.17, 15) is 14.7 Å². The second-order valence-electron chi connectivity index (χ2n) is 8.15.